The number of thiocarbonyl (C=S) groups is 1. The topological polar surface area (TPSA) is 47.6 Å². The Morgan fingerprint density at radius 3 is 2.25 bits per heavy atom. The van der Waals surface area contributed by atoms with Crippen LogP contribution in [0.5, 0.6) is 0 Å². The molecule has 5 nitrogen and oxygen atoms in total. The summed E-state index contributed by atoms with van der Waals surface area (Å²) in [6.45, 7) is 5.04. The fourth-order valence-corrected chi connectivity index (χ4v) is 5.01. The second-order valence-electron chi connectivity index (χ2n) is 8.84. The summed E-state index contributed by atoms with van der Waals surface area (Å²) in [4.78, 5) is 17.8. The number of benzene rings is 4. The molecule has 0 bridgehead atoms. The molecule has 0 aliphatic carbocycles. The second-order valence-corrected chi connectivity index (χ2v) is 9.66. The Morgan fingerprint density at radius 1 is 0.806 bits per heavy atom. The lowest BCUT2D eigenvalue weighted by molar-refractivity contribution is 0.0979. The third kappa shape index (κ3) is 5.68. The molecule has 1 aliphatic heterocycles. The second kappa shape index (κ2) is 11.1. The molecule has 1 amide bonds. The van der Waals surface area contributed by atoms with Crippen LogP contribution in [0.2, 0.25) is 5.02 Å². The summed E-state index contributed by atoms with van der Waals surface area (Å²) in [5.41, 5.74) is 3.89. The lowest BCUT2D eigenvalue weighted by atomic mass is 10.0. The summed E-state index contributed by atoms with van der Waals surface area (Å²) >= 11 is 11.7. The van der Waals surface area contributed by atoms with Crippen molar-refractivity contribution in [3.63, 3.8) is 0 Å². The minimum absolute atomic E-state index is 0.251. The normalized spacial score (nSPS) is 14.0. The maximum absolute atomic E-state index is 12.9. The molecule has 4 aromatic rings. The van der Waals surface area contributed by atoms with Crippen LogP contribution in [0.4, 0.5) is 11.4 Å². The third-order valence-electron chi connectivity index (χ3n) is 6.45. The summed E-state index contributed by atoms with van der Waals surface area (Å²) in [6, 6.07) is 29.8. The van der Waals surface area contributed by atoms with Gasteiger partial charge < -0.3 is 10.2 Å². The van der Waals surface area contributed by atoms with Gasteiger partial charge in [0, 0.05) is 60.1 Å². The lowest BCUT2D eigenvalue weighted by Gasteiger charge is -2.36. The number of piperazine rings is 1. The van der Waals surface area contributed by atoms with Gasteiger partial charge in [-0.2, -0.15) is 0 Å². The van der Waals surface area contributed by atoms with Gasteiger partial charge in [0.2, 0.25) is 0 Å². The van der Waals surface area contributed by atoms with E-state index in [9.17, 15) is 4.79 Å². The van der Waals surface area contributed by atoms with Gasteiger partial charge in [-0.1, -0.05) is 66.2 Å². The van der Waals surface area contributed by atoms with Gasteiger partial charge in [0.25, 0.3) is 5.91 Å². The van der Waals surface area contributed by atoms with E-state index in [1.165, 1.54) is 11.3 Å². The SMILES string of the molecule is O=C(NC(=S)Nc1ccc(N2CCN(Cc3ccccc3)CC2)cc1)c1cccc2c(Cl)cccc12. The van der Waals surface area contributed by atoms with Crippen molar-refractivity contribution in [2.75, 3.05) is 36.4 Å². The molecule has 0 unspecified atom stereocenters. The van der Waals surface area contributed by atoms with Crippen molar-refractivity contribution in [2.45, 2.75) is 6.54 Å². The van der Waals surface area contributed by atoms with Gasteiger partial charge >= 0.3 is 0 Å². The average molecular weight is 515 g/mol. The van der Waals surface area contributed by atoms with E-state index >= 15 is 0 Å². The Morgan fingerprint density at radius 2 is 1.50 bits per heavy atom. The molecular weight excluding hydrogens is 488 g/mol. The Kier molecular flexibility index (Phi) is 7.47. The number of hydrogen-bond donors (Lipinski definition) is 2. The highest BCUT2D eigenvalue weighted by atomic mass is 35.5. The standard InChI is InChI=1S/C29H27ClN4OS/c30-27-11-5-8-24-25(27)9-4-10-26(24)28(35)32-29(36)31-22-12-14-23(15-13-22)34-18-16-33(17-19-34)20-21-6-2-1-3-7-21/h1-15H,16-20H2,(H2,31,32,35,36). The molecule has 0 aromatic heterocycles. The number of nitrogens with zero attached hydrogens (tertiary/aromatic N) is 2. The van der Waals surface area contributed by atoms with Crippen LogP contribution in [0.25, 0.3) is 10.8 Å². The predicted molar refractivity (Wildman–Crippen MR) is 153 cm³/mol. The summed E-state index contributed by atoms with van der Waals surface area (Å²) in [5.74, 6) is -0.273. The van der Waals surface area contributed by atoms with E-state index in [4.69, 9.17) is 23.8 Å². The molecule has 7 heteroatoms. The van der Waals surface area contributed by atoms with E-state index in [0.717, 1.165) is 49.2 Å². The van der Waals surface area contributed by atoms with Crippen molar-refractivity contribution < 1.29 is 4.79 Å². The number of halogens is 1. The van der Waals surface area contributed by atoms with Gasteiger partial charge in [0.15, 0.2) is 5.11 Å². The highest BCUT2D eigenvalue weighted by molar-refractivity contribution is 7.80. The van der Waals surface area contributed by atoms with E-state index in [-0.39, 0.29) is 11.0 Å². The highest BCUT2D eigenvalue weighted by Gasteiger charge is 2.17. The van der Waals surface area contributed by atoms with Crippen molar-refractivity contribution in [1.29, 1.82) is 0 Å². The molecule has 0 spiro atoms. The maximum Gasteiger partial charge on any atom is 0.258 e. The quantitative estimate of drug-likeness (QED) is 0.323. The predicted octanol–water partition coefficient (Wildman–Crippen LogP) is 5.94. The molecule has 1 fully saturated rings. The summed E-state index contributed by atoms with van der Waals surface area (Å²) in [7, 11) is 0. The maximum atomic E-state index is 12.9. The number of nitrogens with one attached hydrogen (secondary N) is 2. The first-order valence-corrected chi connectivity index (χ1v) is 12.8. The molecular formula is C29H27ClN4OS. The lowest BCUT2D eigenvalue weighted by Crippen LogP contribution is -2.45. The van der Waals surface area contributed by atoms with E-state index < -0.39 is 0 Å². The molecule has 1 aliphatic rings. The smallest absolute Gasteiger partial charge is 0.258 e. The van der Waals surface area contributed by atoms with E-state index in [2.05, 4.69) is 62.9 Å². The van der Waals surface area contributed by atoms with Crippen molar-refractivity contribution in [3.05, 3.63) is 107 Å². The zero-order chi connectivity index (χ0) is 24.9. The fraction of sp³-hybridized carbons (Fsp3) is 0.172. The molecule has 0 atom stereocenters. The van der Waals surface area contributed by atoms with Gasteiger partial charge in [-0.3, -0.25) is 15.0 Å². The van der Waals surface area contributed by atoms with Crippen LogP contribution >= 0.6 is 23.8 Å². The van der Waals surface area contributed by atoms with Crippen molar-refractivity contribution in [2.24, 2.45) is 0 Å². The van der Waals surface area contributed by atoms with Gasteiger partial charge in [-0.15, -0.1) is 0 Å². The number of carbonyl (C=O) groups is 1. The van der Waals surface area contributed by atoms with E-state index in [1.807, 2.05) is 42.5 Å². The number of anilines is 2. The summed E-state index contributed by atoms with van der Waals surface area (Å²) in [5, 5.41) is 8.38. The van der Waals surface area contributed by atoms with Gasteiger partial charge in [0.05, 0.1) is 0 Å². The van der Waals surface area contributed by atoms with Gasteiger partial charge in [-0.05, 0) is 59.6 Å². The molecule has 4 aromatic carbocycles. The number of carbonyl (C=O) groups excluding carboxylic acids is 1. The van der Waals surface area contributed by atoms with Crippen LogP contribution in [0.1, 0.15) is 15.9 Å². The average Bonchev–Trinajstić information content (AvgIpc) is 2.90. The molecule has 1 heterocycles. The van der Waals surface area contributed by atoms with Gasteiger partial charge in [0.1, 0.15) is 0 Å². The monoisotopic (exact) mass is 514 g/mol. The van der Waals surface area contributed by atoms with E-state index in [1.54, 1.807) is 6.07 Å². The molecule has 0 radical (unpaired) electrons. The molecule has 0 saturated carbocycles. The first-order valence-electron chi connectivity index (χ1n) is 12.0. The Hall–Kier alpha value is -3.45. The highest BCUT2D eigenvalue weighted by Crippen LogP contribution is 2.26. The largest absolute Gasteiger partial charge is 0.369 e. The fourth-order valence-electron chi connectivity index (χ4n) is 4.56. The Balaban J connectivity index is 1.15. The minimum Gasteiger partial charge on any atom is -0.369 e. The summed E-state index contributed by atoms with van der Waals surface area (Å²) in [6.07, 6.45) is 0. The number of amides is 1. The number of hydrogen-bond acceptors (Lipinski definition) is 4. The molecule has 5 rings (SSSR count). The van der Waals surface area contributed by atoms with Crippen LogP contribution in [-0.2, 0) is 6.54 Å². The number of rotatable bonds is 5. The van der Waals surface area contributed by atoms with Crippen LogP contribution in [0.15, 0.2) is 91.0 Å². The first kappa shape index (κ1) is 24.3. The van der Waals surface area contributed by atoms with Crippen molar-refractivity contribution >= 4 is 57.0 Å². The minimum atomic E-state index is -0.273. The summed E-state index contributed by atoms with van der Waals surface area (Å²) < 4.78 is 0. The van der Waals surface area contributed by atoms with Crippen molar-refractivity contribution in [1.82, 2.24) is 10.2 Å². The molecule has 2 N–H and O–H groups in total. The molecule has 1 saturated heterocycles. The van der Waals surface area contributed by atoms with Crippen LogP contribution in [-0.4, -0.2) is 42.1 Å². The Labute approximate surface area is 221 Å². The van der Waals surface area contributed by atoms with Crippen LogP contribution in [0.3, 0.4) is 0 Å². The van der Waals surface area contributed by atoms with E-state index in [0.29, 0.717) is 10.6 Å². The first-order chi connectivity index (χ1) is 17.6. The van der Waals surface area contributed by atoms with Crippen LogP contribution in [0, 0.1) is 0 Å². The van der Waals surface area contributed by atoms with Crippen LogP contribution < -0.4 is 15.5 Å². The molecule has 182 valence electrons. The Bertz CT molecular complexity index is 1370. The van der Waals surface area contributed by atoms with Gasteiger partial charge in [-0.25, -0.2) is 0 Å². The van der Waals surface area contributed by atoms with Crippen molar-refractivity contribution in [3.8, 4) is 0 Å². The zero-order valence-corrected chi connectivity index (χ0v) is 21.4. The molecule has 36 heavy (non-hydrogen) atoms. The third-order valence-corrected chi connectivity index (χ3v) is 6.99. The number of fused-ring (bicyclic) bond motifs is 1. The zero-order valence-electron chi connectivity index (χ0n) is 19.8.